The van der Waals surface area contributed by atoms with Crippen LogP contribution < -0.4 is 5.32 Å². The number of carbonyl (C=O) groups excluding carboxylic acids is 2. The van der Waals surface area contributed by atoms with E-state index in [2.05, 4.69) is 20.9 Å². The van der Waals surface area contributed by atoms with Crippen molar-refractivity contribution >= 4 is 34.5 Å². The Morgan fingerprint density at radius 2 is 1.69 bits per heavy atom. The Balaban J connectivity index is 1.66. The number of hydrogen-bond acceptors (Lipinski definition) is 6. The molecular weight excluding hydrogens is 490 g/mol. The van der Waals surface area contributed by atoms with Gasteiger partial charge < -0.3 is 24.4 Å². The Morgan fingerprint density at radius 3 is 2.33 bits per heavy atom. The quantitative estimate of drug-likeness (QED) is 0.324. The summed E-state index contributed by atoms with van der Waals surface area (Å²) in [5.74, 6) is 0.521. The number of benzene rings is 2. The minimum atomic E-state index is -0.652. The predicted molar refractivity (Wildman–Crippen MR) is 157 cm³/mol. The maximum Gasteiger partial charge on any atom is 0.337 e. The topological polar surface area (TPSA) is 79.7 Å². The van der Waals surface area contributed by atoms with Crippen LogP contribution in [0.25, 0.3) is 11.0 Å². The van der Waals surface area contributed by atoms with Crippen molar-refractivity contribution in [1.29, 1.82) is 0 Å². The molecule has 8 nitrogen and oxygen atoms in total. The average molecular weight is 534 g/mol. The van der Waals surface area contributed by atoms with Crippen molar-refractivity contribution < 1.29 is 14.3 Å². The molecule has 0 radical (unpaired) electrons. The van der Waals surface area contributed by atoms with Gasteiger partial charge in [0, 0.05) is 25.3 Å². The van der Waals surface area contributed by atoms with Gasteiger partial charge in [0.15, 0.2) is 0 Å². The summed E-state index contributed by atoms with van der Waals surface area (Å²) in [7, 11) is 1.38. The molecule has 1 aliphatic heterocycles. The molecule has 3 aromatic rings. The molecule has 39 heavy (non-hydrogen) atoms. The third kappa shape index (κ3) is 6.44. The number of amides is 1. The van der Waals surface area contributed by atoms with Gasteiger partial charge in [-0.2, -0.15) is 0 Å². The number of carbonyl (C=O) groups is 2. The van der Waals surface area contributed by atoms with Crippen LogP contribution in [-0.2, 0) is 21.5 Å². The van der Waals surface area contributed by atoms with E-state index in [9.17, 15) is 9.59 Å². The molecule has 0 spiro atoms. The summed E-state index contributed by atoms with van der Waals surface area (Å²) in [5, 5.41) is 3.46. The zero-order valence-electron chi connectivity index (χ0n) is 24.1. The third-order valence-electron chi connectivity index (χ3n) is 7.92. The minimum absolute atomic E-state index is 0.132. The molecule has 1 aromatic heterocycles. The number of aromatic nitrogens is 2. The van der Waals surface area contributed by atoms with Crippen molar-refractivity contribution in [3.8, 4) is 0 Å². The van der Waals surface area contributed by atoms with E-state index in [4.69, 9.17) is 9.72 Å². The van der Waals surface area contributed by atoms with Crippen molar-refractivity contribution in [2.45, 2.75) is 65.3 Å². The van der Waals surface area contributed by atoms with Crippen LogP contribution in [-0.4, -0.2) is 71.1 Å². The second kappa shape index (κ2) is 12.6. The molecule has 8 heteroatoms. The molecule has 1 aliphatic rings. The molecule has 1 fully saturated rings. The first-order valence-corrected chi connectivity index (χ1v) is 14.3. The maximum atomic E-state index is 13.4. The number of fused-ring (bicyclic) bond motifs is 1. The highest BCUT2D eigenvalue weighted by Gasteiger charge is 2.33. The van der Waals surface area contributed by atoms with Gasteiger partial charge in [-0.15, -0.1) is 0 Å². The number of nitrogens with one attached hydrogen (secondary N) is 1. The summed E-state index contributed by atoms with van der Waals surface area (Å²) in [6.45, 7) is 13.7. The molecule has 2 heterocycles. The van der Waals surface area contributed by atoms with Crippen LogP contribution >= 0.6 is 0 Å². The third-order valence-corrected chi connectivity index (χ3v) is 7.92. The van der Waals surface area contributed by atoms with Gasteiger partial charge in [-0.05, 0) is 109 Å². The van der Waals surface area contributed by atoms with Gasteiger partial charge in [0.25, 0.3) is 0 Å². The number of imidazole rings is 1. The van der Waals surface area contributed by atoms with Crippen molar-refractivity contribution in [2.75, 3.05) is 45.2 Å². The first-order valence-electron chi connectivity index (χ1n) is 14.3. The molecule has 4 rings (SSSR count). The zero-order chi connectivity index (χ0) is 28.0. The Kier molecular flexibility index (Phi) is 9.28. The van der Waals surface area contributed by atoms with Gasteiger partial charge in [0.1, 0.15) is 0 Å². The predicted octanol–water partition coefficient (Wildman–Crippen LogP) is 5.59. The van der Waals surface area contributed by atoms with Crippen LogP contribution in [0.3, 0.4) is 0 Å². The molecule has 0 aliphatic carbocycles. The highest BCUT2D eigenvalue weighted by atomic mass is 16.5. The number of aryl methyl sites for hydroxylation is 1. The number of esters is 1. The number of piperidine rings is 1. The number of ether oxygens (including phenoxy) is 1. The molecule has 1 saturated heterocycles. The molecule has 0 saturated carbocycles. The van der Waals surface area contributed by atoms with Gasteiger partial charge in [0.2, 0.25) is 11.9 Å². The van der Waals surface area contributed by atoms with E-state index in [1.54, 1.807) is 12.1 Å². The van der Waals surface area contributed by atoms with Crippen LogP contribution in [0.5, 0.6) is 0 Å². The summed E-state index contributed by atoms with van der Waals surface area (Å²) >= 11 is 0. The monoisotopic (exact) mass is 533 g/mol. The summed E-state index contributed by atoms with van der Waals surface area (Å²) < 4.78 is 7.06. The van der Waals surface area contributed by atoms with Crippen LogP contribution in [0.4, 0.5) is 11.6 Å². The van der Waals surface area contributed by atoms with E-state index in [0.717, 1.165) is 47.7 Å². The zero-order valence-corrected chi connectivity index (χ0v) is 24.1. The maximum absolute atomic E-state index is 13.4. The first kappa shape index (κ1) is 28.6. The van der Waals surface area contributed by atoms with Crippen molar-refractivity contribution in [2.24, 2.45) is 0 Å². The fourth-order valence-corrected chi connectivity index (χ4v) is 5.43. The van der Waals surface area contributed by atoms with Gasteiger partial charge in [-0.3, -0.25) is 4.79 Å². The normalized spacial score (nSPS) is 14.4. The molecule has 1 N–H and O–H groups in total. The minimum Gasteiger partial charge on any atom is -0.465 e. The van der Waals surface area contributed by atoms with E-state index in [-0.39, 0.29) is 11.9 Å². The van der Waals surface area contributed by atoms with Crippen LogP contribution in [0.15, 0.2) is 42.5 Å². The fraction of sp³-hybridized carbons (Fsp3) is 0.516. The number of rotatable bonds is 11. The van der Waals surface area contributed by atoms with E-state index in [0.29, 0.717) is 18.7 Å². The SMILES string of the molecule is CCN(CC)C(=O)C(C)(C)c1ccc2nc(Nc3ccc(C(=O)OC)cc3)n(CCCN3CCCCC3)c2c1. The van der Waals surface area contributed by atoms with Crippen LogP contribution in [0, 0.1) is 0 Å². The summed E-state index contributed by atoms with van der Waals surface area (Å²) in [5.41, 5.74) is 3.57. The van der Waals surface area contributed by atoms with Crippen LogP contribution in [0.1, 0.15) is 69.3 Å². The lowest BCUT2D eigenvalue weighted by molar-refractivity contribution is -0.135. The van der Waals surface area contributed by atoms with Gasteiger partial charge in [-0.1, -0.05) is 12.5 Å². The molecule has 0 unspecified atom stereocenters. The van der Waals surface area contributed by atoms with E-state index in [1.165, 1.54) is 39.5 Å². The fourth-order valence-electron chi connectivity index (χ4n) is 5.43. The van der Waals surface area contributed by atoms with E-state index >= 15 is 0 Å². The summed E-state index contributed by atoms with van der Waals surface area (Å²) in [6, 6.07) is 13.4. The van der Waals surface area contributed by atoms with Gasteiger partial charge in [0.05, 0.1) is 29.1 Å². The highest BCUT2D eigenvalue weighted by molar-refractivity contribution is 5.90. The molecule has 2 aromatic carbocycles. The van der Waals surface area contributed by atoms with Crippen LogP contribution in [0.2, 0.25) is 0 Å². The lowest BCUT2D eigenvalue weighted by atomic mass is 9.83. The van der Waals surface area contributed by atoms with Gasteiger partial charge >= 0.3 is 5.97 Å². The number of methoxy groups -OCH3 is 1. The number of anilines is 2. The molecule has 210 valence electrons. The Hall–Kier alpha value is -3.39. The number of nitrogens with zero attached hydrogens (tertiary/aromatic N) is 4. The lowest BCUT2D eigenvalue weighted by Gasteiger charge is -2.31. The Morgan fingerprint density at radius 1 is 1.00 bits per heavy atom. The van der Waals surface area contributed by atoms with Gasteiger partial charge in [-0.25, -0.2) is 9.78 Å². The number of likely N-dealkylation sites (tertiary alicyclic amines) is 1. The second-order valence-electron chi connectivity index (χ2n) is 10.8. The second-order valence-corrected chi connectivity index (χ2v) is 10.8. The Labute approximate surface area is 232 Å². The number of likely N-dealkylation sites (N-methyl/N-ethyl adjacent to an activating group) is 1. The van der Waals surface area contributed by atoms with Crippen molar-refractivity contribution in [3.63, 3.8) is 0 Å². The summed E-state index contributed by atoms with van der Waals surface area (Å²) in [6.07, 6.45) is 4.90. The van der Waals surface area contributed by atoms with Crippen molar-refractivity contribution in [3.05, 3.63) is 53.6 Å². The summed E-state index contributed by atoms with van der Waals surface area (Å²) in [4.78, 5) is 34.6. The standard InChI is InChI=1S/C31H43N5O3/c1-6-35(7-2)29(38)31(3,4)24-14-17-26-27(22-24)36(21-11-20-34-18-9-8-10-19-34)30(33-26)32-25-15-12-23(13-16-25)28(37)39-5/h12-17,22H,6-11,18-21H2,1-5H3,(H,32,33). The number of hydrogen-bond donors (Lipinski definition) is 1. The molecule has 0 bridgehead atoms. The van der Waals surface area contributed by atoms with Crippen molar-refractivity contribution in [1.82, 2.24) is 19.4 Å². The highest BCUT2D eigenvalue weighted by Crippen LogP contribution is 2.31. The molecule has 0 atom stereocenters. The van der Waals surface area contributed by atoms with E-state index < -0.39 is 5.41 Å². The first-order chi connectivity index (χ1) is 18.8. The molecular formula is C31H43N5O3. The Bertz CT molecular complexity index is 1270. The van der Waals surface area contributed by atoms with E-state index in [1.807, 2.05) is 56.9 Å². The molecule has 1 amide bonds. The average Bonchev–Trinajstić information content (AvgIpc) is 3.30. The lowest BCUT2D eigenvalue weighted by Crippen LogP contribution is -2.43. The smallest absolute Gasteiger partial charge is 0.337 e. The largest absolute Gasteiger partial charge is 0.465 e.